The largest absolute Gasteiger partial charge is 0.352 e. The van der Waals surface area contributed by atoms with Crippen molar-refractivity contribution in [3.05, 3.63) is 77.0 Å². The molecule has 3 nitrogen and oxygen atoms in total. The van der Waals surface area contributed by atoms with Crippen molar-refractivity contribution in [2.24, 2.45) is 0 Å². The van der Waals surface area contributed by atoms with E-state index in [1.54, 1.807) is 36.4 Å². The van der Waals surface area contributed by atoms with Crippen molar-refractivity contribution in [2.45, 2.75) is 5.92 Å². The van der Waals surface area contributed by atoms with Crippen LogP contribution in [-0.4, -0.2) is 11.6 Å². The second-order valence-corrected chi connectivity index (χ2v) is 5.24. The fourth-order valence-corrected chi connectivity index (χ4v) is 2.45. The molecule has 0 spiro atoms. The topological polar surface area (TPSA) is 46.2 Å². The summed E-state index contributed by atoms with van der Waals surface area (Å²) in [6, 6.07) is 16.0. The Labute approximate surface area is 127 Å². The van der Waals surface area contributed by atoms with Gasteiger partial charge in [-0.25, -0.2) is 0 Å². The standard InChI is InChI=1S/C17H12ClNO2/c18-12-6-8-13(9-7-12)19-14-10-15(20)16(17(14)21)11-4-2-1-3-5-11/h1-10,16,19H/t16-/m0/s1. The van der Waals surface area contributed by atoms with Crippen molar-refractivity contribution < 1.29 is 9.59 Å². The zero-order chi connectivity index (χ0) is 14.8. The molecule has 0 aromatic heterocycles. The van der Waals surface area contributed by atoms with Gasteiger partial charge in [-0.3, -0.25) is 9.59 Å². The van der Waals surface area contributed by atoms with Gasteiger partial charge in [-0.05, 0) is 29.8 Å². The van der Waals surface area contributed by atoms with Gasteiger partial charge >= 0.3 is 0 Å². The molecule has 4 heteroatoms. The SMILES string of the molecule is O=C1C=C(Nc2ccc(Cl)cc2)C(=O)[C@H]1c1ccccc1. The molecule has 0 radical (unpaired) electrons. The molecule has 2 aromatic carbocycles. The van der Waals surface area contributed by atoms with Gasteiger partial charge < -0.3 is 5.32 Å². The van der Waals surface area contributed by atoms with E-state index in [0.29, 0.717) is 10.7 Å². The van der Waals surface area contributed by atoms with Crippen LogP contribution in [0.25, 0.3) is 0 Å². The minimum Gasteiger partial charge on any atom is -0.352 e. The lowest BCUT2D eigenvalue weighted by molar-refractivity contribution is -0.122. The summed E-state index contributed by atoms with van der Waals surface area (Å²) in [5, 5.41) is 3.60. The number of anilines is 1. The molecule has 0 amide bonds. The van der Waals surface area contributed by atoms with Crippen LogP contribution in [0, 0.1) is 0 Å². The van der Waals surface area contributed by atoms with E-state index in [4.69, 9.17) is 11.6 Å². The molecule has 0 saturated heterocycles. The molecule has 21 heavy (non-hydrogen) atoms. The maximum atomic E-state index is 12.4. The number of rotatable bonds is 3. The average Bonchev–Trinajstić information content (AvgIpc) is 2.77. The monoisotopic (exact) mass is 297 g/mol. The van der Waals surface area contributed by atoms with Gasteiger partial charge in [0, 0.05) is 16.8 Å². The first-order chi connectivity index (χ1) is 10.1. The molecule has 0 heterocycles. The van der Waals surface area contributed by atoms with Gasteiger partial charge in [0.1, 0.15) is 5.92 Å². The van der Waals surface area contributed by atoms with Crippen LogP contribution in [0.15, 0.2) is 66.4 Å². The quantitative estimate of drug-likeness (QED) is 0.881. The Morgan fingerprint density at radius 1 is 0.905 bits per heavy atom. The van der Waals surface area contributed by atoms with Crippen LogP contribution < -0.4 is 5.32 Å². The van der Waals surface area contributed by atoms with Crippen LogP contribution in [0.2, 0.25) is 5.02 Å². The number of allylic oxidation sites excluding steroid dienone is 2. The fourth-order valence-electron chi connectivity index (χ4n) is 2.33. The van der Waals surface area contributed by atoms with Gasteiger partial charge in [-0.2, -0.15) is 0 Å². The molecule has 1 aliphatic rings. The van der Waals surface area contributed by atoms with E-state index >= 15 is 0 Å². The first-order valence-electron chi connectivity index (χ1n) is 6.52. The first-order valence-corrected chi connectivity index (χ1v) is 6.90. The highest BCUT2D eigenvalue weighted by molar-refractivity contribution is 6.30. The van der Waals surface area contributed by atoms with Crippen molar-refractivity contribution in [3.63, 3.8) is 0 Å². The third-order valence-corrected chi connectivity index (χ3v) is 3.61. The van der Waals surface area contributed by atoms with E-state index in [1.807, 2.05) is 18.2 Å². The van der Waals surface area contributed by atoms with E-state index < -0.39 is 5.92 Å². The van der Waals surface area contributed by atoms with E-state index in [2.05, 4.69) is 5.32 Å². The number of nitrogens with one attached hydrogen (secondary N) is 1. The van der Waals surface area contributed by atoms with Crippen LogP contribution in [0.1, 0.15) is 11.5 Å². The molecule has 0 saturated carbocycles. The third-order valence-electron chi connectivity index (χ3n) is 3.35. The molecule has 1 aliphatic carbocycles. The third kappa shape index (κ3) is 2.73. The lowest BCUT2D eigenvalue weighted by Gasteiger charge is -2.10. The predicted octanol–water partition coefficient (Wildman–Crippen LogP) is 3.57. The van der Waals surface area contributed by atoms with Crippen molar-refractivity contribution in [2.75, 3.05) is 5.32 Å². The molecule has 104 valence electrons. The molecule has 3 rings (SSSR count). The summed E-state index contributed by atoms with van der Waals surface area (Å²) in [4.78, 5) is 24.5. The Kier molecular flexibility index (Phi) is 3.59. The number of hydrogen-bond acceptors (Lipinski definition) is 3. The maximum Gasteiger partial charge on any atom is 0.194 e. The Hall–Kier alpha value is -2.39. The lowest BCUT2D eigenvalue weighted by atomic mass is 9.95. The van der Waals surface area contributed by atoms with Gasteiger partial charge in [0.2, 0.25) is 0 Å². The van der Waals surface area contributed by atoms with Crippen molar-refractivity contribution >= 4 is 28.9 Å². The Morgan fingerprint density at radius 2 is 1.57 bits per heavy atom. The Morgan fingerprint density at radius 3 is 2.24 bits per heavy atom. The van der Waals surface area contributed by atoms with Gasteiger partial charge in [0.25, 0.3) is 0 Å². The normalized spacial score (nSPS) is 17.8. The van der Waals surface area contributed by atoms with Crippen molar-refractivity contribution in [1.82, 2.24) is 0 Å². The maximum absolute atomic E-state index is 12.4. The van der Waals surface area contributed by atoms with Crippen LogP contribution in [0.4, 0.5) is 5.69 Å². The lowest BCUT2D eigenvalue weighted by Crippen LogP contribution is -2.17. The van der Waals surface area contributed by atoms with Crippen LogP contribution in [0.3, 0.4) is 0 Å². The molecule has 1 atom stereocenters. The summed E-state index contributed by atoms with van der Waals surface area (Å²) >= 11 is 5.82. The number of carbonyl (C=O) groups excluding carboxylic acids is 2. The molecule has 0 bridgehead atoms. The number of ketones is 2. The molecule has 2 aromatic rings. The second kappa shape index (κ2) is 5.54. The first kappa shape index (κ1) is 13.6. The highest BCUT2D eigenvalue weighted by atomic mass is 35.5. The number of halogens is 1. The zero-order valence-corrected chi connectivity index (χ0v) is 11.8. The smallest absolute Gasteiger partial charge is 0.194 e. The van der Waals surface area contributed by atoms with E-state index in [-0.39, 0.29) is 11.6 Å². The molecule has 0 fully saturated rings. The second-order valence-electron chi connectivity index (χ2n) is 4.80. The Balaban J connectivity index is 1.83. The van der Waals surface area contributed by atoms with Crippen LogP contribution >= 0.6 is 11.6 Å². The average molecular weight is 298 g/mol. The van der Waals surface area contributed by atoms with Gasteiger partial charge in [0.15, 0.2) is 11.6 Å². The van der Waals surface area contributed by atoms with Gasteiger partial charge in [-0.1, -0.05) is 41.9 Å². The summed E-state index contributed by atoms with van der Waals surface area (Å²) in [5.74, 6) is -1.13. The predicted molar refractivity (Wildman–Crippen MR) is 82.4 cm³/mol. The van der Waals surface area contributed by atoms with E-state index in [1.165, 1.54) is 6.08 Å². The van der Waals surface area contributed by atoms with Gasteiger partial charge in [-0.15, -0.1) is 0 Å². The molecule has 1 N–H and O–H groups in total. The molecule has 0 aliphatic heterocycles. The number of benzene rings is 2. The summed E-state index contributed by atoms with van der Waals surface area (Å²) in [6.07, 6.45) is 1.37. The number of hydrogen-bond donors (Lipinski definition) is 1. The van der Waals surface area contributed by atoms with E-state index in [9.17, 15) is 9.59 Å². The summed E-state index contributed by atoms with van der Waals surface area (Å²) in [6.45, 7) is 0. The van der Waals surface area contributed by atoms with Crippen molar-refractivity contribution in [1.29, 1.82) is 0 Å². The highest BCUT2D eigenvalue weighted by Gasteiger charge is 2.35. The van der Waals surface area contributed by atoms with Crippen molar-refractivity contribution in [3.8, 4) is 0 Å². The van der Waals surface area contributed by atoms with E-state index in [0.717, 1.165) is 11.3 Å². The minimum atomic E-state index is -0.735. The van der Waals surface area contributed by atoms with Crippen LogP contribution in [-0.2, 0) is 9.59 Å². The minimum absolute atomic E-state index is 0.192. The summed E-state index contributed by atoms with van der Waals surface area (Å²) < 4.78 is 0. The fraction of sp³-hybridized carbons (Fsp3) is 0.0588. The highest BCUT2D eigenvalue weighted by Crippen LogP contribution is 2.28. The molecular formula is C17H12ClNO2. The summed E-state index contributed by atoms with van der Waals surface area (Å²) in [5.41, 5.74) is 1.76. The zero-order valence-electron chi connectivity index (χ0n) is 11.0. The molecular weight excluding hydrogens is 286 g/mol. The Bertz CT molecular complexity index is 720. The summed E-state index contributed by atoms with van der Waals surface area (Å²) in [7, 11) is 0. The van der Waals surface area contributed by atoms with Gasteiger partial charge in [0.05, 0.1) is 5.70 Å². The number of Topliss-reactive ketones (excluding diaryl/α,β-unsaturated/α-hetero) is 1. The van der Waals surface area contributed by atoms with Crippen LogP contribution in [0.5, 0.6) is 0 Å². The molecule has 0 unspecified atom stereocenters. The number of carbonyl (C=O) groups is 2.